The van der Waals surface area contributed by atoms with Crippen molar-refractivity contribution in [3.8, 4) is 5.75 Å². The average molecular weight is 384 g/mol. The summed E-state index contributed by atoms with van der Waals surface area (Å²) in [6, 6.07) is 14.5. The Morgan fingerprint density at radius 2 is 1.71 bits per heavy atom. The van der Waals surface area contributed by atoms with Gasteiger partial charge in [0.2, 0.25) is 5.91 Å². The van der Waals surface area contributed by atoms with E-state index in [-0.39, 0.29) is 18.0 Å². The molecular weight excluding hydrogens is 356 g/mol. The first kappa shape index (κ1) is 21.2. The monoisotopic (exact) mass is 384 g/mol. The molecule has 150 valence electrons. The Bertz CT molecular complexity index is 808. The van der Waals surface area contributed by atoms with Crippen molar-refractivity contribution in [2.75, 3.05) is 38.4 Å². The molecule has 0 heterocycles. The molecule has 0 fully saturated rings. The Labute approximate surface area is 166 Å². The Morgan fingerprint density at radius 3 is 2.36 bits per heavy atom. The Hall–Kier alpha value is -3.06. The number of anilines is 2. The SMILES string of the molecule is CCC(=O)Nc1cccc(NC(=O)NCC(c2cccc(OC)c2)N(C)C)c1. The average Bonchev–Trinajstić information content (AvgIpc) is 2.68. The van der Waals surface area contributed by atoms with Gasteiger partial charge < -0.3 is 25.6 Å². The zero-order valence-corrected chi connectivity index (χ0v) is 16.8. The third kappa shape index (κ3) is 6.28. The van der Waals surface area contributed by atoms with E-state index in [0.717, 1.165) is 11.3 Å². The Morgan fingerprint density at radius 1 is 1.04 bits per heavy atom. The lowest BCUT2D eigenvalue weighted by Crippen LogP contribution is -2.36. The topological polar surface area (TPSA) is 82.7 Å². The first-order valence-corrected chi connectivity index (χ1v) is 9.18. The van der Waals surface area contributed by atoms with Crippen molar-refractivity contribution >= 4 is 23.3 Å². The first-order chi connectivity index (χ1) is 13.4. The van der Waals surface area contributed by atoms with Crippen molar-refractivity contribution < 1.29 is 14.3 Å². The van der Waals surface area contributed by atoms with Gasteiger partial charge in [-0.25, -0.2) is 4.79 Å². The summed E-state index contributed by atoms with van der Waals surface area (Å²) in [6.45, 7) is 2.21. The highest BCUT2D eigenvalue weighted by Gasteiger charge is 2.16. The number of carbonyl (C=O) groups is 2. The van der Waals surface area contributed by atoms with Gasteiger partial charge in [-0.05, 0) is 50.0 Å². The van der Waals surface area contributed by atoms with Gasteiger partial charge in [0.15, 0.2) is 0 Å². The van der Waals surface area contributed by atoms with Crippen LogP contribution in [0.2, 0.25) is 0 Å². The molecular formula is C21H28N4O3. The standard InChI is InChI=1S/C21H28N4O3/c1-5-20(26)23-16-9-7-10-17(13-16)24-21(27)22-14-19(25(2)3)15-8-6-11-18(12-15)28-4/h6-13,19H,5,14H2,1-4H3,(H,23,26)(H2,22,24,27). The summed E-state index contributed by atoms with van der Waals surface area (Å²) >= 11 is 0. The van der Waals surface area contributed by atoms with Crippen LogP contribution in [0.3, 0.4) is 0 Å². The highest BCUT2D eigenvalue weighted by molar-refractivity contribution is 5.93. The molecule has 0 saturated heterocycles. The van der Waals surface area contributed by atoms with E-state index in [1.54, 1.807) is 38.3 Å². The van der Waals surface area contributed by atoms with Gasteiger partial charge in [-0.2, -0.15) is 0 Å². The molecule has 0 aliphatic carbocycles. The fourth-order valence-corrected chi connectivity index (χ4v) is 2.74. The van der Waals surface area contributed by atoms with Crippen LogP contribution >= 0.6 is 0 Å². The van der Waals surface area contributed by atoms with E-state index in [2.05, 4.69) is 16.0 Å². The molecule has 0 radical (unpaired) electrons. The highest BCUT2D eigenvalue weighted by Crippen LogP contribution is 2.22. The number of rotatable bonds is 8. The summed E-state index contributed by atoms with van der Waals surface area (Å²) < 4.78 is 5.29. The number of benzene rings is 2. The van der Waals surface area contributed by atoms with E-state index in [1.807, 2.05) is 43.3 Å². The lowest BCUT2D eigenvalue weighted by atomic mass is 10.1. The third-order valence-electron chi connectivity index (χ3n) is 4.28. The van der Waals surface area contributed by atoms with Gasteiger partial charge in [0.25, 0.3) is 0 Å². The number of amides is 3. The van der Waals surface area contributed by atoms with Crippen LogP contribution in [-0.4, -0.2) is 44.6 Å². The zero-order valence-electron chi connectivity index (χ0n) is 16.8. The zero-order chi connectivity index (χ0) is 20.5. The van der Waals surface area contributed by atoms with Gasteiger partial charge in [-0.3, -0.25) is 4.79 Å². The van der Waals surface area contributed by atoms with Crippen LogP contribution < -0.4 is 20.7 Å². The van der Waals surface area contributed by atoms with Crippen molar-refractivity contribution in [1.29, 1.82) is 0 Å². The minimum absolute atomic E-state index is 0.00368. The third-order valence-corrected chi connectivity index (χ3v) is 4.28. The largest absolute Gasteiger partial charge is 0.497 e. The van der Waals surface area contributed by atoms with Gasteiger partial charge >= 0.3 is 6.03 Å². The second kappa shape index (κ2) is 10.3. The smallest absolute Gasteiger partial charge is 0.319 e. The maximum Gasteiger partial charge on any atom is 0.319 e. The number of methoxy groups -OCH3 is 1. The van der Waals surface area contributed by atoms with E-state index in [9.17, 15) is 9.59 Å². The quantitative estimate of drug-likeness (QED) is 0.651. The summed E-state index contributed by atoms with van der Waals surface area (Å²) in [6.07, 6.45) is 0.397. The molecule has 1 atom stereocenters. The van der Waals surface area contributed by atoms with Gasteiger partial charge in [-0.15, -0.1) is 0 Å². The molecule has 7 heteroatoms. The number of nitrogens with zero attached hydrogens (tertiary/aromatic N) is 1. The fourth-order valence-electron chi connectivity index (χ4n) is 2.74. The van der Waals surface area contributed by atoms with Crippen molar-refractivity contribution in [1.82, 2.24) is 10.2 Å². The molecule has 3 amide bonds. The molecule has 2 aromatic rings. The summed E-state index contributed by atoms with van der Waals surface area (Å²) in [5.41, 5.74) is 2.30. The molecule has 0 spiro atoms. The first-order valence-electron chi connectivity index (χ1n) is 9.18. The molecule has 0 aliphatic rings. The van der Waals surface area contributed by atoms with Crippen molar-refractivity contribution in [3.05, 3.63) is 54.1 Å². The van der Waals surface area contributed by atoms with Gasteiger partial charge in [0, 0.05) is 24.3 Å². The number of urea groups is 1. The Balaban J connectivity index is 1.98. The molecule has 7 nitrogen and oxygen atoms in total. The Kier molecular flexibility index (Phi) is 7.83. The van der Waals surface area contributed by atoms with Crippen molar-refractivity contribution in [2.24, 2.45) is 0 Å². The van der Waals surface area contributed by atoms with Gasteiger partial charge in [0.1, 0.15) is 5.75 Å². The van der Waals surface area contributed by atoms with Crippen LogP contribution in [-0.2, 0) is 4.79 Å². The van der Waals surface area contributed by atoms with E-state index < -0.39 is 0 Å². The van der Waals surface area contributed by atoms with Crippen LogP contribution in [0.15, 0.2) is 48.5 Å². The van der Waals surface area contributed by atoms with Crippen LogP contribution in [0.4, 0.5) is 16.2 Å². The summed E-state index contributed by atoms with van der Waals surface area (Å²) in [7, 11) is 5.56. The molecule has 1 unspecified atom stereocenters. The molecule has 3 N–H and O–H groups in total. The number of hydrogen-bond donors (Lipinski definition) is 3. The number of carbonyl (C=O) groups excluding carboxylic acids is 2. The van der Waals surface area contributed by atoms with Gasteiger partial charge in [0.05, 0.1) is 13.2 Å². The second-order valence-electron chi connectivity index (χ2n) is 6.57. The predicted octanol–water partition coefficient (Wildman–Crippen LogP) is 3.47. The number of hydrogen-bond acceptors (Lipinski definition) is 4. The summed E-state index contributed by atoms with van der Waals surface area (Å²) in [5, 5.41) is 8.47. The summed E-state index contributed by atoms with van der Waals surface area (Å²) in [4.78, 5) is 25.9. The number of ether oxygens (including phenoxy) is 1. The van der Waals surface area contributed by atoms with Crippen LogP contribution in [0.25, 0.3) is 0 Å². The minimum atomic E-state index is -0.311. The molecule has 2 aromatic carbocycles. The van der Waals surface area contributed by atoms with Crippen LogP contribution in [0.1, 0.15) is 24.9 Å². The molecule has 28 heavy (non-hydrogen) atoms. The normalized spacial score (nSPS) is 11.6. The van der Waals surface area contributed by atoms with Gasteiger partial charge in [-0.1, -0.05) is 25.1 Å². The predicted molar refractivity (Wildman–Crippen MR) is 112 cm³/mol. The van der Waals surface area contributed by atoms with Crippen LogP contribution in [0.5, 0.6) is 5.75 Å². The minimum Gasteiger partial charge on any atom is -0.497 e. The molecule has 2 rings (SSSR count). The van der Waals surface area contributed by atoms with E-state index in [0.29, 0.717) is 24.3 Å². The summed E-state index contributed by atoms with van der Waals surface area (Å²) in [5.74, 6) is 0.702. The fraction of sp³-hybridized carbons (Fsp3) is 0.333. The van der Waals surface area contributed by atoms with Crippen molar-refractivity contribution in [2.45, 2.75) is 19.4 Å². The number of likely N-dealkylation sites (N-methyl/N-ethyl adjacent to an activating group) is 1. The maximum atomic E-state index is 12.3. The molecule has 0 aromatic heterocycles. The number of nitrogens with one attached hydrogen (secondary N) is 3. The van der Waals surface area contributed by atoms with E-state index >= 15 is 0 Å². The molecule has 0 bridgehead atoms. The van der Waals surface area contributed by atoms with E-state index in [1.165, 1.54) is 0 Å². The highest BCUT2D eigenvalue weighted by atomic mass is 16.5. The second-order valence-corrected chi connectivity index (χ2v) is 6.57. The van der Waals surface area contributed by atoms with E-state index in [4.69, 9.17) is 4.74 Å². The van der Waals surface area contributed by atoms with Crippen molar-refractivity contribution in [3.63, 3.8) is 0 Å². The van der Waals surface area contributed by atoms with Crippen LogP contribution in [0, 0.1) is 0 Å². The lowest BCUT2D eigenvalue weighted by molar-refractivity contribution is -0.115. The maximum absolute atomic E-state index is 12.3. The molecule has 0 saturated carbocycles. The lowest BCUT2D eigenvalue weighted by Gasteiger charge is -2.25. The molecule has 0 aliphatic heterocycles.